The first kappa shape index (κ1) is 20.6. The van der Waals surface area contributed by atoms with Crippen LogP contribution in [0.5, 0.6) is 5.75 Å². The maximum atomic E-state index is 13.1. The number of carbonyl (C=O) groups is 2. The Morgan fingerprint density at radius 3 is 2.79 bits per heavy atom. The topological polar surface area (TPSA) is 106 Å². The van der Waals surface area contributed by atoms with Crippen LogP contribution in [0.3, 0.4) is 0 Å². The van der Waals surface area contributed by atoms with Crippen LogP contribution in [0.2, 0.25) is 5.02 Å². The number of fused-ring (bicyclic) bond motifs is 1. The fourth-order valence-corrected chi connectivity index (χ4v) is 3.74. The summed E-state index contributed by atoms with van der Waals surface area (Å²) in [6.45, 7) is 2.45. The predicted octanol–water partition coefficient (Wildman–Crippen LogP) is 3.35. The number of rotatable bonds is 8. The van der Waals surface area contributed by atoms with Gasteiger partial charge in [-0.2, -0.15) is 5.26 Å². The van der Waals surface area contributed by atoms with Crippen LogP contribution < -0.4 is 10.5 Å². The Hall–Kier alpha value is -3.08. The molecule has 0 bridgehead atoms. The molecule has 2 aromatic rings. The molecule has 150 valence electrons. The van der Waals surface area contributed by atoms with Crippen molar-refractivity contribution in [2.75, 3.05) is 13.4 Å². The molecule has 0 aromatic heterocycles. The van der Waals surface area contributed by atoms with Crippen LogP contribution in [-0.4, -0.2) is 30.1 Å². The van der Waals surface area contributed by atoms with Crippen molar-refractivity contribution < 1.29 is 19.1 Å². The molecule has 29 heavy (non-hydrogen) atoms. The van der Waals surface area contributed by atoms with E-state index in [1.54, 1.807) is 42.5 Å². The summed E-state index contributed by atoms with van der Waals surface area (Å²) in [6, 6.07) is 12.2. The van der Waals surface area contributed by atoms with Gasteiger partial charge in [0, 0.05) is 22.8 Å². The average Bonchev–Trinajstić information content (AvgIpc) is 3.01. The third-order valence-electron chi connectivity index (χ3n) is 4.72. The maximum Gasteiger partial charge on any atom is 0.255 e. The van der Waals surface area contributed by atoms with Gasteiger partial charge in [-0.15, -0.1) is 0 Å². The van der Waals surface area contributed by atoms with Crippen LogP contribution >= 0.6 is 11.6 Å². The Morgan fingerprint density at radius 1 is 1.34 bits per heavy atom. The van der Waals surface area contributed by atoms with Crippen molar-refractivity contribution in [3.63, 3.8) is 0 Å². The van der Waals surface area contributed by atoms with E-state index in [0.717, 1.165) is 0 Å². The zero-order chi connectivity index (χ0) is 21.0. The van der Waals surface area contributed by atoms with E-state index < -0.39 is 23.9 Å². The van der Waals surface area contributed by atoms with E-state index in [2.05, 4.69) is 6.07 Å². The lowest BCUT2D eigenvalue weighted by molar-refractivity contribution is -0.123. The van der Waals surface area contributed by atoms with Crippen molar-refractivity contribution >= 4 is 23.4 Å². The monoisotopic (exact) mass is 413 g/mol. The summed E-state index contributed by atoms with van der Waals surface area (Å²) in [5, 5.41) is 9.69. The summed E-state index contributed by atoms with van der Waals surface area (Å²) in [4.78, 5) is 26.8. The van der Waals surface area contributed by atoms with Crippen molar-refractivity contribution in [3.05, 3.63) is 64.2 Å². The fraction of sp³-hybridized carbons (Fsp3) is 0.286. The summed E-state index contributed by atoms with van der Waals surface area (Å²) in [5.74, 6) is -0.583. The molecule has 1 aliphatic heterocycles. The molecule has 1 heterocycles. The predicted molar refractivity (Wildman–Crippen MR) is 106 cm³/mol. The van der Waals surface area contributed by atoms with Gasteiger partial charge in [-0.3, -0.25) is 9.59 Å². The third-order valence-corrected chi connectivity index (χ3v) is 5.04. The molecule has 0 radical (unpaired) electrons. The van der Waals surface area contributed by atoms with E-state index in [1.807, 2.05) is 6.92 Å². The van der Waals surface area contributed by atoms with Crippen molar-refractivity contribution in [2.45, 2.75) is 25.4 Å². The number of primary amides is 1. The summed E-state index contributed by atoms with van der Waals surface area (Å²) in [5.41, 5.74) is 6.97. The van der Waals surface area contributed by atoms with Crippen molar-refractivity contribution in [1.29, 1.82) is 5.26 Å². The zero-order valence-corrected chi connectivity index (χ0v) is 16.6. The number of amides is 2. The van der Waals surface area contributed by atoms with Gasteiger partial charge in [0.2, 0.25) is 5.91 Å². The van der Waals surface area contributed by atoms with Crippen LogP contribution in [0.15, 0.2) is 42.5 Å². The van der Waals surface area contributed by atoms with Crippen LogP contribution in [0.1, 0.15) is 46.9 Å². The minimum atomic E-state index is -1.06. The number of hydrogen-bond acceptors (Lipinski definition) is 5. The molecule has 1 aliphatic rings. The Kier molecular flexibility index (Phi) is 6.37. The van der Waals surface area contributed by atoms with Gasteiger partial charge < -0.3 is 20.1 Å². The molecule has 2 N–H and O–H groups in total. The number of benzene rings is 2. The molecule has 2 atom stereocenters. The molecule has 2 amide bonds. The van der Waals surface area contributed by atoms with Gasteiger partial charge in [0.15, 0.2) is 6.79 Å². The van der Waals surface area contributed by atoms with E-state index in [-0.39, 0.29) is 18.2 Å². The quantitative estimate of drug-likeness (QED) is 0.527. The SMILES string of the molecule is CCOCOc1cccc(C(CC#N)N2C(=O)c3cccc(Cl)c3C2C(N)=O)c1. The lowest BCUT2D eigenvalue weighted by atomic mass is 9.99. The molecular formula is C21H20ClN3O4. The van der Waals surface area contributed by atoms with Crippen molar-refractivity contribution in [2.24, 2.45) is 5.73 Å². The highest BCUT2D eigenvalue weighted by molar-refractivity contribution is 6.32. The summed E-state index contributed by atoms with van der Waals surface area (Å²) < 4.78 is 10.7. The second kappa shape index (κ2) is 8.95. The molecular weight excluding hydrogens is 394 g/mol. The van der Waals surface area contributed by atoms with Gasteiger partial charge in [-0.25, -0.2) is 0 Å². The smallest absolute Gasteiger partial charge is 0.255 e. The lowest BCUT2D eigenvalue weighted by Crippen LogP contribution is -2.39. The van der Waals surface area contributed by atoms with Crippen LogP contribution in [-0.2, 0) is 9.53 Å². The van der Waals surface area contributed by atoms with Gasteiger partial charge >= 0.3 is 0 Å². The first-order valence-electron chi connectivity index (χ1n) is 9.07. The van der Waals surface area contributed by atoms with Crippen molar-refractivity contribution in [3.8, 4) is 11.8 Å². The van der Waals surface area contributed by atoms with Crippen LogP contribution in [0.4, 0.5) is 0 Å². The molecule has 7 nitrogen and oxygen atoms in total. The highest BCUT2D eigenvalue weighted by atomic mass is 35.5. The Morgan fingerprint density at radius 2 is 2.10 bits per heavy atom. The van der Waals surface area contributed by atoms with Crippen LogP contribution in [0.25, 0.3) is 0 Å². The molecule has 3 rings (SSSR count). The maximum absolute atomic E-state index is 13.1. The molecule has 0 saturated carbocycles. The minimum Gasteiger partial charge on any atom is -0.468 e. The number of ether oxygens (including phenoxy) is 2. The van der Waals surface area contributed by atoms with E-state index in [1.165, 1.54) is 4.90 Å². The number of carbonyl (C=O) groups excluding carboxylic acids is 2. The van der Waals surface area contributed by atoms with Crippen LogP contribution in [0, 0.1) is 11.3 Å². The minimum absolute atomic E-state index is 0.0317. The second-order valence-electron chi connectivity index (χ2n) is 6.42. The molecule has 0 saturated heterocycles. The summed E-state index contributed by atoms with van der Waals surface area (Å²) >= 11 is 6.28. The van der Waals surface area contributed by atoms with Crippen molar-refractivity contribution in [1.82, 2.24) is 4.90 Å². The van der Waals surface area contributed by atoms with Gasteiger partial charge in [-0.1, -0.05) is 29.8 Å². The zero-order valence-electron chi connectivity index (χ0n) is 15.8. The summed E-state index contributed by atoms with van der Waals surface area (Å²) in [7, 11) is 0. The highest BCUT2D eigenvalue weighted by Gasteiger charge is 2.45. The number of hydrogen-bond donors (Lipinski definition) is 1. The normalized spacial score (nSPS) is 16.2. The standard InChI is InChI=1S/C21H20ClN3O4/c1-2-28-12-29-14-6-3-5-13(11-14)17(9-10-23)25-19(20(24)26)18-15(21(25)27)7-4-8-16(18)22/h3-8,11,17,19H,2,9,12H2,1H3,(H2,24,26). The summed E-state index contributed by atoms with van der Waals surface area (Å²) in [6.07, 6.45) is -0.0317. The number of nitrogens with two attached hydrogens (primary N) is 1. The van der Waals surface area contributed by atoms with Gasteiger partial charge in [0.05, 0.1) is 18.5 Å². The van der Waals surface area contributed by atoms with Gasteiger partial charge in [-0.05, 0) is 36.8 Å². The largest absolute Gasteiger partial charge is 0.468 e. The van der Waals surface area contributed by atoms with Gasteiger partial charge in [0.1, 0.15) is 11.8 Å². The Bertz CT molecular complexity index is 973. The second-order valence-corrected chi connectivity index (χ2v) is 6.83. The molecule has 2 aromatic carbocycles. The van der Waals surface area contributed by atoms with E-state index in [0.29, 0.717) is 29.0 Å². The van der Waals surface area contributed by atoms with E-state index in [9.17, 15) is 14.9 Å². The first-order chi connectivity index (χ1) is 14.0. The van der Waals surface area contributed by atoms with E-state index in [4.69, 9.17) is 26.8 Å². The average molecular weight is 414 g/mol. The molecule has 2 unspecified atom stereocenters. The fourth-order valence-electron chi connectivity index (χ4n) is 3.47. The number of nitrogens with zero attached hydrogens (tertiary/aromatic N) is 2. The molecule has 0 fully saturated rings. The number of halogens is 1. The number of nitriles is 1. The third kappa shape index (κ3) is 4.04. The molecule has 0 spiro atoms. The van der Waals surface area contributed by atoms with E-state index >= 15 is 0 Å². The lowest BCUT2D eigenvalue weighted by Gasteiger charge is -2.31. The molecule has 8 heteroatoms. The molecule has 0 aliphatic carbocycles. The first-order valence-corrected chi connectivity index (χ1v) is 9.45. The Labute approximate surface area is 173 Å². The Balaban J connectivity index is 2.02. The highest BCUT2D eigenvalue weighted by Crippen LogP contribution is 2.44. The van der Waals surface area contributed by atoms with Gasteiger partial charge in [0.25, 0.3) is 5.91 Å².